The third-order valence-electron chi connectivity index (χ3n) is 2.49. The van der Waals surface area contributed by atoms with E-state index in [9.17, 15) is 4.79 Å². The Bertz CT molecular complexity index is 629. The van der Waals surface area contributed by atoms with E-state index in [1.165, 1.54) is 6.07 Å². The fourth-order valence-electron chi connectivity index (χ4n) is 1.70. The van der Waals surface area contributed by atoms with Gasteiger partial charge >= 0.3 is 5.97 Å². The van der Waals surface area contributed by atoms with Crippen LogP contribution in [0.1, 0.15) is 23.1 Å². The number of carboxylic acids is 1. The van der Waals surface area contributed by atoms with Crippen LogP contribution in [0, 0.1) is 6.92 Å². The summed E-state index contributed by atoms with van der Waals surface area (Å²) >= 11 is 0. The molecule has 1 heterocycles. The molecule has 0 unspecified atom stereocenters. The van der Waals surface area contributed by atoms with Crippen LogP contribution in [0.15, 0.2) is 30.3 Å². The van der Waals surface area contributed by atoms with Gasteiger partial charge in [0.05, 0.1) is 12.2 Å². The highest BCUT2D eigenvalue weighted by Gasteiger charge is 2.06. The number of rotatable bonds is 5. The average molecular weight is 273 g/mol. The van der Waals surface area contributed by atoms with Crippen LogP contribution in [0.3, 0.4) is 0 Å². The van der Waals surface area contributed by atoms with E-state index in [0.29, 0.717) is 29.8 Å². The maximum atomic E-state index is 10.9. The minimum absolute atomic E-state index is 0.214. The van der Waals surface area contributed by atoms with Gasteiger partial charge in [0.25, 0.3) is 0 Å². The van der Waals surface area contributed by atoms with Crippen LogP contribution in [0.25, 0.3) is 0 Å². The van der Waals surface area contributed by atoms with Crippen LogP contribution >= 0.6 is 0 Å². The number of carboxylic acid groups (broad SMARTS) is 1. The van der Waals surface area contributed by atoms with Crippen LogP contribution in [0.2, 0.25) is 0 Å². The zero-order chi connectivity index (χ0) is 14.5. The monoisotopic (exact) mass is 273 g/mol. The maximum absolute atomic E-state index is 10.9. The Labute approximate surface area is 116 Å². The molecule has 2 N–H and O–H groups in total. The van der Waals surface area contributed by atoms with Gasteiger partial charge in [-0.15, -0.1) is 0 Å². The van der Waals surface area contributed by atoms with Crippen molar-refractivity contribution in [3.05, 3.63) is 41.7 Å². The molecule has 104 valence electrons. The van der Waals surface area contributed by atoms with E-state index >= 15 is 0 Å². The van der Waals surface area contributed by atoms with Gasteiger partial charge < -0.3 is 15.2 Å². The quantitative estimate of drug-likeness (QED) is 0.871. The first kappa shape index (κ1) is 13.8. The lowest BCUT2D eigenvalue weighted by Gasteiger charge is -2.09. The molecule has 1 aromatic carbocycles. The molecule has 0 saturated heterocycles. The SMILES string of the molecule is CCOc1cc(Nc2cccc(C(=O)O)c2)nc(C)n1. The van der Waals surface area contributed by atoms with Crippen molar-refractivity contribution in [1.82, 2.24) is 9.97 Å². The standard InChI is InChI=1S/C14H15N3O3/c1-3-20-13-8-12(15-9(2)16-13)17-11-6-4-5-10(7-11)14(18)19/h4-8H,3H2,1-2H3,(H,18,19)(H,15,16,17). The fraction of sp³-hybridized carbons (Fsp3) is 0.214. The lowest BCUT2D eigenvalue weighted by Crippen LogP contribution is -2.02. The van der Waals surface area contributed by atoms with Gasteiger partial charge in [-0.25, -0.2) is 9.78 Å². The Balaban J connectivity index is 2.25. The van der Waals surface area contributed by atoms with Crippen LogP contribution in [-0.4, -0.2) is 27.7 Å². The molecular formula is C14H15N3O3. The molecule has 0 aliphatic heterocycles. The van der Waals surface area contributed by atoms with Gasteiger partial charge in [-0.1, -0.05) is 6.07 Å². The first-order chi connectivity index (χ1) is 9.58. The summed E-state index contributed by atoms with van der Waals surface area (Å²) in [6.45, 7) is 4.16. The van der Waals surface area contributed by atoms with E-state index in [4.69, 9.17) is 9.84 Å². The van der Waals surface area contributed by atoms with Crippen molar-refractivity contribution in [3.63, 3.8) is 0 Å². The molecule has 1 aromatic heterocycles. The number of aromatic carboxylic acids is 1. The predicted octanol–water partition coefficient (Wildman–Crippen LogP) is 2.63. The molecule has 0 radical (unpaired) electrons. The summed E-state index contributed by atoms with van der Waals surface area (Å²) in [5, 5.41) is 12.0. The number of aryl methyl sites for hydroxylation is 1. The zero-order valence-corrected chi connectivity index (χ0v) is 11.3. The number of carbonyl (C=O) groups is 1. The van der Waals surface area contributed by atoms with Gasteiger partial charge in [0.15, 0.2) is 0 Å². The number of nitrogens with zero attached hydrogens (tertiary/aromatic N) is 2. The van der Waals surface area contributed by atoms with Crippen molar-refractivity contribution >= 4 is 17.5 Å². The number of benzene rings is 1. The van der Waals surface area contributed by atoms with Gasteiger partial charge in [-0.3, -0.25) is 0 Å². The van der Waals surface area contributed by atoms with Gasteiger partial charge in [0.1, 0.15) is 11.6 Å². The van der Waals surface area contributed by atoms with E-state index < -0.39 is 5.97 Å². The summed E-state index contributed by atoms with van der Waals surface area (Å²) in [6, 6.07) is 8.18. The molecule has 0 saturated carbocycles. The second kappa shape index (κ2) is 6.01. The fourth-order valence-corrected chi connectivity index (χ4v) is 1.70. The van der Waals surface area contributed by atoms with Crippen molar-refractivity contribution in [2.45, 2.75) is 13.8 Å². The molecule has 0 fully saturated rings. The van der Waals surface area contributed by atoms with Gasteiger partial charge in [-0.2, -0.15) is 4.98 Å². The van der Waals surface area contributed by atoms with Gasteiger partial charge in [-0.05, 0) is 32.0 Å². The number of hydrogen-bond donors (Lipinski definition) is 2. The van der Waals surface area contributed by atoms with Crippen LogP contribution in [0.4, 0.5) is 11.5 Å². The molecule has 2 aromatic rings. The molecule has 20 heavy (non-hydrogen) atoms. The highest BCUT2D eigenvalue weighted by Crippen LogP contribution is 2.19. The molecule has 0 aliphatic rings. The van der Waals surface area contributed by atoms with Crippen molar-refractivity contribution < 1.29 is 14.6 Å². The number of anilines is 2. The van der Waals surface area contributed by atoms with E-state index in [1.807, 2.05) is 6.92 Å². The molecule has 0 atom stereocenters. The van der Waals surface area contributed by atoms with E-state index in [0.717, 1.165) is 0 Å². The minimum atomic E-state index is -0.970. The Morgan fingerprint density at radius 2 is 2.15 bits per heavy atom. The molecule has 0 aliphatic carbocycles. The molecule has 0 amide bonds. The van der Waals surface area contributed by atoms with Crippen LogP contribution in [-0.2, 0) is 0 Å². The lowest BCUT2D eigenvalue weighted by molar-refractivity contribution is 0.0697. The number of ether oxygens (including phenoxy) is 1. The number of nitrogens with one attached hydrogen (secondary N) is 1. The Hall–Kier alpha value is -2.63. The molecule has 0 bridgehead atoms. The smallest absolute Gasteiger partial charge is 0.335 e. The van der Waals surface area contributed by atoms with Gasteiger partial charge in [0.2, 0.25) is 5.88 Å². The van der Waals surface area contributed by atoms with Crippen LogP contribution in [0.5, 0.6) is 5.88 Å². The average Bonchev–Trinajstić information content (AvgIpc) is 2.38. The van der Waals surface area contributed by atoms with Crippen molar-refractivity contribution in [3.8, 4) is 5.88 Å². The van der Waals surface area contributed by atoms with E-state index in [2.05, 4.69) is 15.3 Å². The third-order valence-corrected chi connectivity index (χ3v) is 2.49. The molecular weight excluding hydrogens is 258 g/mol. The first-order valence-electron chi connectivity index (χ1n) is 6.17. The molecule has 6 heteroatoms. The zero-order valence-electron chi connectivity index (χ0n) is 11.3. The highest BCUT2D eigenvalue weighted by atomic mass is 16.5. The Morgan fingerprint density at radius 1 is 1.35 bits per heavy atom. The van der Waals surface area contributed by atoms with Crippen molar-refractivity contribution in [2.75, 3.05) is 11.9 Å². The Morgan fingerprint density at radius 3 is 2.85 bits per heavy atom. The topological polar surface area (TPSA) is 84.3 Å². The second-order valence-electron chi connectivity index (χ2n) is 4.08. The maximum Gasteiger partial charge on any atom is 0.335 e. The van der Waals surface area contributed by atoms with Crippen LogP contribution < -0.4 is 10.1 Å². The summed E-state index contributed by atoms with van der Waals surface area (Å²) in [5.41, 5.74) is 0.858. The Kier molecular flexibility index (Phi) is 4.14. The highest BCUT2D eigenvalue weighted by molar-refractivity contribution is 5.89. The summed E-state index contributed by atoms with van der Waals surface area (Å²) in [5.74, 6) is 0.649. The summed E-state index contributed by atoms with van der Waals surface area (Å²) < 4.78 is 5.34. The number of hydrogen-bond acceptors (Lipinski definition) is 5. The van der Waals surface area contributed by atoms with E-state index in [1.54, 1.807) is 31.2 Å². The largest absolute Gasteiger partial charge is 0.478 e. The van der Waals surface area contributed by atoms with Gasteiger partial charge in [0, 0.05) is 11.8 Å². The molecule has 6 nitrogen and oxygen atoms in total. The number of aromatic nitrogens is 2. The summed E-state index contributed by atoms with van der Waals surface area (Å²) in [7, 11) is 0. The molecule has 2 rings (SSSR count). The van der Waals surface area contributed by atoms with E-state index in [-0.39, 0.29) is 5.56 Å². The summed E-state index contributed by atoms with van der Waals surface area (Å²) in [4.78, 5) is 19.3. The predicted molar refractivity (Wildman–Crippen MR) is 74.6 cm³/mol. The lowest BCUT2D eigenvalue weighted by atomic mass is 10.2. The summed E-state index contributed by atoms with van der Waals surface area (Å²) in [6.07, 6.45) is 0. The third kappa shape index (κ3) is 3.44. The first-order valence-corrected chi connectivity index (χ1v) is 6.17. The molecule has 0 spiro atoms. The minimum Gasteiger partial charge on any atom is -0.478 e. The second-order valence-corrected chi connectivity index (χ2v) is 4.08. The van der Waals surface area contributed by atoms with Crippen molar-refractivity contribution in [2.24, 2.45) is 0 Å². The normalized spacial score (nSPS) is 10.1. The van der Waals surface area contributed by atoms with Crippen molar-refractivity contribution in [1.29, 1.82) is 0 Å².